The highest BCUT2D eigenvalue weighted by Crippen LogP contribution is 2.36. The molecule has 2 aromatic carbocycles. The fourth-order valence-electron chi connectivity index (χ4n) is 1.36. The number of nitrogen functional groups attached to an aromatic ring is 1. The van der Waals surface area contributed by atoms with E-state index in [0.717, 1.165) is 9.79 Å². The van der Waals surface area contributed by atoms with Crippen molar-refractivity contribution in [3.63, 3.8) is 0 Å². The first-order valence-electron chi connectivity index (χ1n) is 5.05. The van der Waals surface area contributed by atoms with Gasteiger partial charge in [0.05, 0.1) is 15.7 Å². The molecule has 88 valence electrons. The molecule has 17 heavy (non-hydrogen) atoms. The van der Waals surface area contributed by atoms with E-state index >= 15 is 0 Å². The van der Waals surface area contributed by atoms with Crippen LogP contribution in [-0.2, 0) is 0 Å². The van der Waals surface area contributed by atoms with E-state index in [2.05, 4.69) is 31.2 Å². The highest BCUT2D eigenvalue weighted by atomic mass is 35.5. The van der Waals surface area contributed by atoms with Gasteiger partial charge in [-0.25, -0.2) is 0 Å². The van der Waals surface area contributed by atoms with Crippen LogP contribution in [0.4, 0.5) is 5.69 Å². The molecule has 1 nitrogen and oxygen atoms in total. The number of hydrogen-bond donors (Lipinski definition) is 1. The zero-order chi connectivity index (χ0) is 12.4. The van der Waals surface area contributed by atoms with Gasteiger partial charge in [0.15, 0.2) is 0 Å². The smallest absolute Gasteiger partial charge is 0.0693 e. The molecule has 0 aliphatic carbocycles. The molecular weight excluding hydrogens is 273 g/mol. The van der Waals surface area contributed by atoms with Crippen LogP contribution >= 0.6 is 35.0 Å². The molecule has 0 saturated heterocycles. The third kappa shape index (κ3) is 3.09. The van der Waals surface area contributed by atoms with Gasteiger partial charge in [-0.3, -0.25) is 0 Å². The van der Waals surface area contributed by atoms with Crippen LogP contribution in [0.5, 0.6) is 0 Å². The molecule has 0 aromatic heterocycles. The first kappa shape index (κ1) is 12.6. The summed E-state index contributed by atoms with van der Waals surface area (Å²) in [5, 5.41) is 0.985. The Morgan fingerprint density at radius 2 is 1.47 bits per heavy atom. The lowest BCUT2D eigenvalue weighted by molar-refractivity contribution is 1.36. The average Bonchev–Trinajstić information content (AvgIpc) is 2.29. The monoisotopic (exact) mass is 283 g/mol. The summed E-state index contributed by atoms with van der Waals surface area (Å²) in [5.74, 6) is 0. The van der Waals surface area contributed by atoms with Crippen LogP contribution in [-0.4, -0.2) is 0 Å². The molecule has 0 atom stereocenters. The van der Waals surface area contributed by atoms with Gasteiger partial charge in [-0.1, -0.05) is 52.7 Å². The van der Waals surface area contributed by atoms with Gasteiger partial charge in [0.25, 0.3) is 0 Å². The fraction of sp³-hybridized carbons (Fsp3) is 0.0769. The van der Waals surface area contributed by atoms with Crippen molar-refractivity contribution in [1.29, 1.82) is 0 Å². The van der Waals surface area contributed by atoms with Crippen molar-refractivity contribution in [1.82, 2.24) is 0 Å². The number of nitrogens with two attached hydrogens (primary N) is 1. The maximum Gasteiger partial charge on any atom is 0.0693 e. The quantitative estimate of drug-likeness (QED) is 0.782. The van der Waals surface area contributed by atoms with Crippen LogP contribution in [0.3, 0.4) is 0 Å². The van der Waals surface area contributed by atoms with Gasteiger partial charge < -0.3 is 5.73 Å². The molecule has 2 rings (SSSR count). The number of hydrogen-bond acceptors (Lipinski definition) is 2. The number of anilines is 1. The molecule has 4 heteroatoms. The second kappa shape index (κ2) is 5.21. The lowest BCUT2D eigenvalue weighted by Gasteiger charge is -2.06. The summed E-state index contributed by atoms with van der Waals surface area (Å²) in [6, 6.07) is 11.9. The largest absolute Gasteiger partial charge is 0.396 e. The Kier molecular flexibility index (Phi) is 3.87. The Morgan fingerprint density at radius 3 is 2.00 bits per heavy atom. The lowest BCUT2D eigenvalue weighted by Crippen LogP contribution is -1.88. The molecule has 2 aromatic rings. The SMILES string of the molecule is Cc1ccc(Sc2cc(Cl)c(N)c(Cl)c2)cc1. The maximum absolute atomic E-state index is 5.99. The number of aryl methyl sites for hydroxylation is 1. The molecule has 0 heterocycles. The molecule has 0 radical (unpaired) electrons. The Labute approximate surface area is 115 Å². The highest BCUT2D eigenvalue weighted by Gasteiger charge is 2.06. The molecule has 0 aliphatic rings. The predicted molar refractivity (Wildman–Crippen MR) is 76.2 cm³/mol. The number of rotatable bonds is 2. The zero-order valence-corrected chi connectivity index (χ0v) is 11.5. The van der Waals surface area contributed by atoms with E-state index in [1.807, 2.05) is 12.1 Å². The van der Waals surface area contributed by atoms with Gasteiger partial charge in [-0.2, -0.15) is 0 Å². The van der Waals surface area contributed by atoms with E-state index in [1.54, 1.807) is 11.8 Å². The Hall–Kier alpha value is -0.830. The normalized spacial score (nSPS) is 10.5. The van der Waals surface area contributed by atoms with E-state index in [-0.39, 0.29) is 0 Å². The molecule has 0 amide bonds. The summed E-state index contributed by atoms with van der Waals surface area (Å²) in [6.07, 6.45) is 0. The van der Waals surface area contributed by atoms with Crippen LogP contribution in [0.25, 0.3) is 0 Å². The van der Waals surface area contributed by atoms with Crippen molar-refractivity contribution < 1.29 is 0 Å². The maximum atomic E-state index is 5.99. The Balaban J connectivity index is 2.27. The van der Waals surface area contributed by atoms with Crippen molar-refractivity contribution in [2.45, 2.75) is 16.7 Å². The van der Waals surface area contributed by atoms with E-state index in [4.69, 9.17) is 28.9 Å². The topological polar surface area (TPSA) is 26.0 Å². The van der Waals surface area contributed by atoms with Crippen LogP contribution in [0, 0.1) is 6.92 Å². The Bertz CT molecular complexity index is 515. The Morgan fingerprint density at radius 1 is 0.941 bits per heavy atom. The zero-order valence-electron chi connectivity index (χ0n) is 9.21. The minimum atomic E-state index is 0.432. The standard InChI is InChI=1S/C13H11Cl2NS/c1-8-2-4-9(5-3-8)17-10-6-11(14)13(16)12(15)7-10/h2-7H,16H2,1H3. The van der Waals surface area contributed by atoms with Gasteiger partial charge in [-0.15, -0.1) is 0 Å². The summed E-state index contributed by atoms with van der Waals surface area (Å²) in [6.45, 7) is 2.06. The van der Waals surface area contributed by atoms with Crippen LogP contribution in [0.15, 0.2) is 46.2 Å². The molecular formula is C13H11Cl2NS. The van der Waals surface area contributed by atoms with Crippen molar-refractivity contribution in [3.8, 4) is 0 Å². The predicted octanol–water partition coefficient (Wildman–Crippen LogP) is 5.04. The van der Waals surface area contributed by atoms with Crippen LogP contribution in [0.2, 0.25) is 10.0 Å². The highest BCUT2D eigenvalue weighted by molar-refractivity contribution is 7.99. The van der Waals surface area contributed by atoms with Crippen LogP contribution in [0.1, 0.15) is 5.56 Å². The second-order valence-electron chi connectivity index (χ2n) is 3.72. The van der Waals surface area contributed by atoms with Crippen molar-refractivity contribution in [2.24, 2.45) is 0 Å². The molecule has 0 spiro atoms. The molecule has 0 saturated carbocycles. The van der Waals surface area contributed by atoms with Crippen molar-refractivity contribution >= 4 is 40.7 Å². The molecule has 2 N–H and O–H groups in total. The average molecular weight is 284 g/mol. The summed E-state index contributed by atoms with van der Waals surface area (Å²) < 4.78 is 0. The second-order valence-corrected chi connectivity index (χ2v) is 5.68. The first-order valence-corrected chi connectivity index (χ1v) is 6.62. The van der Waals surface area contributed by atoms with E-state index in [0.29, 0.717) is 15.7 Å². The van der Waals surface area contributed by atoms with E-state index in [1.165, 1.54) is 5.56 Å². The van der Waals surface area contributed by atoms with Gasteiger partial charge in [-0.05, 0) is 31.2 Å². The third-order valence-corrected chi connectivity index (χ3v) is 3.91. The van der Waals surface area contributed by atoms with E-state index < -0.39 is 0 Å². The van der Waals surface area contributed by atoms with Gasteiger partial charge in [0, 0.05) is 9.79 Å². The van der Waals surface area contributed by atoms with Crippen molar-refractivity contribution in [2.75, 3.05) is 5.73 Å². The minimum Gasteiger partial charge on any atom is -0.396 e. The van der Waals surface area contributed by atoms with Gasteiger partial charge in [0.1, 0.15) is 0 Å². The molecule has 0 unspecified atom stereocenters. The number of halogens is 2. The van der Waals surface area contributed by atoms with Crippen LogP contribution < -0.4 is 5.73 Å². The number of benzene rings is 2. The summed E-state index contributed by atoms with van der Waals surface area (Å²) in [4.78, 5) is 2.13. The van der Waals surface area contributed by atoms with Gasteiger partial charge in [0.2, 0.25) is 0 Å². The molecule has 0 fully saturated rings. The van der Waals surface area contributed by atoms with E-state index in [9.17, 15) is 0 Å². The molecule has 0 aliphatic heterocycles. The minimum absolute atomic E-state index is 0.432. The summed E-state index contributed by atoms with van der Waals surface area (Å²) in [7, 11) is 0. The first-order chi connectivity index (χ1) is 8.06. The van der Waals surface area contributed by atoms with Gasteiger partial charge >= 0.3 is 0 Å². The summed E-state index contributed by atoms with van der Waals surface area (Å²) >= 11 is 13.6. The lowest BCUT2D eigenvalue weighted by atomic mass is 10.2. The third-order valence-electron chi connectivity index (χ3n) is 2.31. The summed E-state index contributed by atoms with van der Waals surface area (Å²) in [5.41, 5.74) is 7.36. The van der Waals surface area contributed by atoms with Crippen molar-refractivity contribution in [3.05, 3.63) is 52.0 Å². The fourth-order valence-corrected chi connectivity index (χ4v) is 2.88. The molecule has 0 bridgehead atoms.